The van der Waals surface area contributed by atoms with Crippen molar-refractivity contribution >= 4 is 32.3 Å². The zero-order chi connectivity index (χ0) is 15.9. The first kappa shape index (κ1) is 13.3. The van der Waals surface area contributed by atoms with E-state index in [0.717, 1.165) is 0 Å². The Morgan fingerprint density at radius 1 is 0.292 bits per heavy atom. The molecule has 0 nitrogen and oxygen atoms in total. The maximum Gasteiger partial charge on any atom is -0.00987 e. The molecule has 112 valence electrons. The summed E-state index contributed by atoms with van der Waals surface area (Å²) in [5.41, 5.74) is 2.60. The summed E-state index contributed by atoms with van der Waals surface area (Å²) in [7, 11) is 0. The molecule has 0 N–H and O–H groups in total. The normalized spacial score (nSPS) is 11.3. The summed E-state index contributed by atoms with van der Waals surface area (Å²) in [6, 6.07) is 34.9. The highest BCUT2D eigenvalue weighted by Crippen LogP contribution is 2.36. The Balaban J connectivity index is 1.91. The van der Waals surface area contributed by atoms with Crippen LogP contribution in [0.4, 0.5) is 0 Å². The largest absolute Gasteiger partial charge is 0.0616 e. The van der Waals surface area contributed by atoms with E-state index in [1.807, 2.05) is 0 Å². The summed E-state index contributed by atoms with van der Waals surface area (Å²) in [5, 5.41) is 7.83. The van der Waals surface area contributed by atoms with E-state index in [1.165, 1.54) is 43.4 Å². The van der Waals surface area contributed by atoms with Gasteiger partial charge in [-0.1, -0.05) is 97.1 Å². The van der Waals surface area contributed by atoms with Crippen molar-refractivity contribution in [3.05, 3.63) is 97.1 Å². The highest BCUT2D eigenvalue weighted by atomic mass is 14.1. The van der Waals surface area contributed by atoms with Crippen LogP contribution in [-0.2, 0) is 0 Å². The second-order valence-corrected chi connectivity index (χ2v) is 6.21. The van der Waals surface area contributed by atoms with Crippen LogP contribution in [0, 0.1) is 0 Å². The molecule has 0 radical (unpaired) electrons. The second-order valence-electron chi connectivity index (χ2n) is 6.21. The van der Waals surface area contributed by atoms with Gasteiger partial charge < -0.3 is 0 Å². The van der Waals surface area contributed by atoms with Gasteiger partial charge in [0.05, 0.1) is 0 Å². The predicted octanol–water partition coefficient (Wildman–Crippen LogP) is 6.81. The summed E-state index contributed by atoms with van der Waals surface area (Å²) in [5.74, 6) is 0. The fraction of sp³-hybridized carbons (Fsp3) is 0. The third kappa shape index (κ3) is 1.93. The summed E-state index contributed by atoms with van der Waals surface area (Å²) in [6.45, 7) is 0. The van der Waals surface area contributed by atoms with E-state index >= 15 is 0 Å². The van der Waals surface area contributed by atoms with E-state index < -0.39 is 0 Å². The number of hydrogen-bond donors (Lipinski definition) is 0. The van der Waals surface area contributed by atoms with Gasteiger partial charge >= 0.3 is 0 Å². The number of fused-ring (bicyclic) bond motifs is 4. The van der Waals surface area contributed by atoms with Crippen molar-refractivity contribution in [3.63, 3.8) is 0 Å². The van der Waals surface area contributed by atoms with Crippen molar-refractivity contribution in [2.45, 2.75) is 0 Å². The van der Waals surface area contributed by atoms with Gasteiger partial charge in [-0.3, -0.25) is 0 Å². The van der Waals surface area contributed by atoms with Gasteiger partial charge in [0.25, 0.3) is 0 Å². The van der Waals surface area contributed by atoms with Crippen LogP contribution in [0.2, 0.25) is 0 Å². The molecule has 0 aliphatic carbocycles. The summed E-state index contributed by atoms with van der Waals surface area (Å²) in [4.78, 5) is 0. The van der Waals surface area contributed by atoms with Crippen LogP contribution in [0.5, 0.6) is 0 Å². The molecule has 0 aliphatic rings. The Morgan fingerprint density at radius 3 is 1.67 bits per heavy atom. The van der Waals surface area contributed by atoms with E-state index in [9.17, 15) is 0 Å². The smallest absolute Gasteiger partial charge is 0.00987 e. The van der Waals surface area contributed by atoms with E-state index in [0.29, 0.717) is 0 Å². The van der Waals surface area contributed by atoms with Gasteiger partial charge in [-0.05, 0) is 43.4 Å². The number of benzene rings is 5. The van der Waals surface area contributed by atoms with Crippen LogP contribution in [0.25, 0.3) is 43.4 Å². The van der Waals surface area contributed by atoms with Gasteiger partial charge in [-0.25, -0.2) is 0 Å². The fourth-order valence-electron chi connectivity index (χ4n) is 3.74. The molecule has 0 amide bonds. The molecule has 0 unspecified atom stereocenters. The Kier molecular flexibility index (Phi) is 2.89. The SMILES string of the molecule is c1ccc2c(-c3cccc4c3ccc3ccccc34)cccc2c1. The molecule has 0 spiro atoms. The van der Waals surface area contributed by atoms with E-state index in [1.54, 1.807) is 0 Å². The van der Waals surface area contributed by atoms with E-state index in [-0.39, 0.29) is 0 Å². The van der Waals surface area contributed by atoms with Crippen LogP contribution in [0.1, 0.15) is 0 Å². The summed E-state index contributed by atoms with van der Waals surface area (Å²) >= 11 is 0. The Bertz CT molecular complexity index is 1190. The minimum Gasteiger partial charge on any atom is -0.0616 e. The van der Waals surface area contributed by atoms with E-state index in [2.05, 4.69) is 97.1 Å². The molecule has 5 aromatic rings. The molecule has 0 saturated heterocycles. The lowest BCUT2D eigenvalue weighted by molar-refractivity contribution is 1.69. The molecule has 0 heteroatoms. The first-order chi connectivity index (χ1) is 11.9. The van der Waals surface area contributed by atoms with Crippen molar-refractivity contribution in [2.24, 2.45) is 0 Å². The topological polar surface area (TPSA) is 0 Å². The number of hydrogen-bond acceptors (Lipinski definition) is 0. The van der Waals surface area contributed by atoms with Gasteiger partial charge in [0, 0.05) is 0 Å². The minimum atomic E-state index is 1.28. The first-order valence-electron chi connectivity index (χ1n) is 8.30. The highest BCUT2D eigenvalue weighted by Gasteiger charge is 2.08. The number of rotatable bonds is 1. The molecular weight excluding hydrogens is 288 g/mol. The van der Waals surface area contributed by atoms with Crippen molar-refractivity contribution < 1.29 is 0 Å². The van der Waals surface area contributed by atoms with Gasteiger partial charge in [0.1, 0.15) is 0 Å². The molecule has 0 fully saturated rings. The Labute approximate surface area is 141 Å². The second kappa shape index (κ2) is 5.21. The average Bonchev–Trinajstić information content (AvgIpc) is 2.67. The van der Waals surface area contributed by atoms with Crippen LogP contribution in [0.15, 0.2) is 97.1 Å². The summed E-state index contributed by atoms with van der Waals surface area (Å²) in [6.07, 6.45) is 0. The maximum atomic E-state index is 2.26. The molecule has 5 aromatic carbocycles. The molecule has 24 heavy (non-hydrogen) atoms. The average molecular weight is 304 g/mol. The van der Waals surface area contributed by atoms with Crippen molar-refractivity contribution in [1.82, 2.24) is 0 Å². The van der Waals surface area contributed by atoms with Gasteiger partial charge in [-0.2, -0.15) is 0 Å². The van der Waals surface area contributed by atoms with Gasteiger partial charge in [0.2, 0.25) is 0 Å². The standard InChI is InChI=1S/C24H16/c1-3-10-19-17(7-1)9-5-12-21(19)23-14-6-13-22-20-11-4-2-8-18(20)15-16-24(22)23/h1-16H. The fourth-order valence-corrected chi connectivity index (χ4v) is 3.74. The third-order valence-electron chi connectivity index (χ3n) is 4.87. The van der Waals surface area contributed by atoms with Gasteiger partial charge in [0.15, 0.2) is 0 Å². The van der Waals surface area contributed by atoms with Crippen LogP contribution >= 0.6 is 0 Å². The molecule has 0 saturated carbocycles. The van der Waals surface area contributed by atoms with Crippen molar-refractivity contribution in [1.29, 1.82) is 0 Å². The zero-order valence-corrected chi connectivity index (χ0v) is 13.2. The molecule has 0 bridgehead atoms. The third-order valence-corrected chi connectivity index (χ3v) is 4.87. The lowest BCUT2D eigenvalue weighted by Crippen LogP contribution is -1.85. The highest BCUT2D eigenvalue weighted by molar-refractivity contribution is 6.14. The van der Waals surface area contributed by atoms with Gasteiger partial charge in [-0.15, -0.1) is 0 Å². The Morgan fingerprint density at radius 2 is 0.833 bits per heavy atom. The lowest BCUT2D eigenvalue weighted by Gasteiger charge is -2.12. The predicted molar refractivity (Wildman–Crippen MR) is 104 cm³/mol. The monoisotopic (exact) mass is 304 g/mol. The van der Waals surface area contributed by atoms with Crippen LogP contribution in [0.3, 0.4) is 0 Å². The molecule has 0 aliphatic heterocycles. The molecule has 0 atom stereocenters. The molecule has 5 rings (SSSR count). The quantitative estimate of drug-likeness (QED) is 0.298. The first-order valence-corrected chi connectivity index (χ1v) is 8.30. The van der Waals surface area contributed by atoms with Crippen molar-refractivity contribution in [2.75, 3.05) is 0 Å². The molecular formula is C24H16. The van der Waals surface area contributed by atoms with Crippen LogP contribution < -0.4 is 0 Å². The van der Waals surface area contributed by atoms with Crippen molar-refractivity contribution in [3.8, 4) is 11.1 Å². The maximum absolute atomic E-state index is 2.26. The van der Waals surface area contributed by atoms with Crippen LogP contribution in [-0.4, -0.2) is 0 Å². The summed E-state index contributed by atoms with van der Waals surface area (Å²) < 4.78 is 0. The molecule has 0 aromatic heterocycles. The minimum absolute atomic E-state index is 1.28. The Hall–Kier alpha value is -3.12. The zero-order valence-electron chi connectivity index (χ0n) is 13.2. The van der Waals surface area contributed by atoms with E-state index in [4.69, 9.17) is 0 Å². The molecule has 0 heterocycles. The lowest BCUT2D eigenvalue weighted by atomic mass is 9.92.